The normalized spacial score (nSPS) is 14.1. The van der Waals surface area contributed by atoms with E-state index in [1.165, 1.54) is 38.8 Å². The molecule has 180 valence electrons. The topological polar surface area (TPSA) is 74.3 Å². The second kappa shape index (κ2) is 10.3. The van der Waals surface area contributed by atoms with Crippen molar-refractivity contribution in [2.75, 3.05) is 21.3 Å². The molecule has 0 amide bonds. The first kappa shape index (κ1) is 24.7. The predicted octanol–water partition coefficient (Wildman–Crippen LogP) is 4.31. The van der Waals surface area contributed by atoms with Crippen molar-refractivity contribution in [3.63, 3.8) is 0 Å². The molecule has 1 heterocycles. The summed E-state index contributed by atoms with van der Waals surface area (Å²) in [6.07, 6.45) is -1.77. The van der Waals surface area contributed by atoms with E-state index in [0.29, 0.717) is 17.9 Å². The molecule has 0 atom stereocenters. The van der Waals surface area contributed by atoms with Crippen LogP contribution in [-0.4, -0.2) is 44.5 Å². The van der Waals surface area contributed by atoms with E-state index in [1.807, 2.05) is 12.1 Å². The number of nitrogens with zero attached hydrogens (tertiary/aromatic N) is 1. The minimum atomic E-state index is -4.84. The van der Waals surface area contributed by atoms with Crippen molar-refractivity contribution in [3.05, 3.63) is 83.2 Å². The Morgan fingerprint density at radius 1 is 0.824 bits per heavy atom. The zero-order valence-electron chi connectivity index (χ0n) is 18.6. The highest BCUT2D eigenvalue weighted by atomic mass is 19.4. The van der Waals surface area contributed by atoms with Crippen LogP contribution >= 0.6 is 0 Å². The first-order valence-electron chi connectivity index (χ1n) is 9.99. The van der Waals surface area contributed by atoms with Crippen LogP contribution in [0.3, 0.4) is 0 Å². The molecule has 0 bridgehead atoms. The summed E-state index contributed by atoms with van der Waals surface area (Å²) in [4.78, 5) is 27.0. The summed E-state index contributed by atoms with van der Waals surface area (Å²) in [5, 5.41) is 0. The largest absolute Gasteiger partial charge is 0.573 e. The van der Waals surface area contributed by atoms with Crippen molar-refractivity contribution in [2.24, 2.45) is 0 Å². The molecule has 0 saturated carbocycles. The number of halogens is 3. The summed E-state index contributed by atoms with van der Waals surface area (Å²) in [6.45, 7) is 0.316. The van der Waals surface area contributed by atoms with Gasteiger partial charge in [0.05, 0.1) is 38.4 Å². The van der Waals surface area contributed by atoms with Crippen molar-refractivity contribution in [3.8, 4) is 11.5 Å². The maximum atomic E-state index is 12.7. The van der Waals surface area contributed by atoms with E-state index in [-0.39, 0.29) is 11.1 Å². The molecule has 0 unspecified atom stereocenters. The smallest absolute Gasteiger partial charge is 0.497 e. The van der Waals surface area contributed by atoms with Gasteiger partial charge in [-0.05, 0) is 35.4 Å². The third-order valence-electron chi connectivity index (χ3n) is 5.05. The summed E-state index contributed by atoms with van der Waals surface area (Å²) >= 11 is 0. The van der Waals surface area contributed by atoms with Crippen molar-refractivity contribution >= 4 is 11.9 Å². The van der Waals surface area contributed by atoms with Crippen LogP contribution in [0.1, 0.15) is 17.0 Å². The Kier molecular flexibility index (Phi) is 7.50. The highest BCUT2D eigenvalue weighted by Crippen LogP contribution is 2.38. The van der Waals surface area contributed by atoms with Gasteiger partial charge >= 0.3 is 18.3 Å². The van der Waals surface area contributed by atoms with Gasteiger partial charge in [-0.1, -0.05) is 24.3 Å². The fraction of sp³-hybridized carbons (Fsp3) is 0.250. The Morgan fingerprint density at radius 2 is 1.32 bits per heavy atom. The number of hydrogen-bond donors (Lipinski definition) is 0. The van der Waals surface area contributed by atoms with Gasteiger partial charge < -0.3 is 23.8 Å². The maximum absolute atomic E-state index is 12.7. The van der Waals surface area contributed by atoms with Gasteiger partial charge in [-0.25, -0.2) is 9.59 Å². The molecule has 3 rings (SSSR count). The van der Waals surface area contributed by atoms with Gasteiger partial charge in [0, 0.05) is 18.9 Å². The molecule has 0 spiro atoms. The Hall–Kier alpha value is -3.95. The van der Waals surface area contributed by atoms with Gasteiger partial charge in [-0.3, -0.25) is 0 Å². The average Bonchev–Trinajstić information content (AvgIpc) is 2.82. The SMILES string of the molecule is COC(=O)C1=CN(Cc2ccc(OC)cc2)C=C(C(=O)OC)C1c1ccc(OC(F)(F)F)cc1. The van der Waals surface area contributed by atoms with E-state index in [0.717, 1.165) is 17.7 Å². The first-order valence-corrected chi connectivity index (χ1v) is 9.99. The van der Waals surface area contributed by atoms with Crippen LogP contribution in [0.2, 0.25) is 0 Å². The predicted molar refractivity (Wildman–Crippen MR) is 115 cm³/mol. The molecule has 2 aromatic carbocycles. The maximum Gasteiger partial charge on any atom is 0.573 e. The lowest BCUT2D eigenvalue weighted by atomic mass is 9.83. The van der Waals surface area contributed by atoms with Crippen LogP contribution in [0, 0.1) is 0 Å². The summed E-state index contributed by atoms with van der Waals surface area (Å²) < 4.78 is 56.4. The Balaban J connectivity index is 1.99. The summed E-state index contributed by atoms with van der Waals surface area (Å²) in [7, 11) is 3.95. The summed E-state index contributed by atoms with van der Waals surface area (Å²) in [5.74, 6) is -2.07. The Bertz CT molecular complexity index is 1060. The van der Waals surface area contributed by atoms with E-state index in [2.05, 4.69) is 4.74 Å². The van der Waals surface area contributed by atoms with Crippen molar-refractivity contribution < 1.29 is 41.7 Å². The lowest BCUT2D eigenvalue weighted by Gasteiger charge is -2.30. The second-order valence-corrected chi connectivity index (χ2v) is 7.22. The quantitative estimate of drug-likeness (QED) is 0.551. The fourth-order valence-electron chi connectivity index (χ4n) is 3.54. The number of benzene rings is 2. The van der Waals surface area contributed by atoms with Gasteiger partial charge in [0.15, 0.2) is 0 Å². The number of ether oxygens (including phenoxy) is 4. The molecule has 0 fully saturated rings. The van der Waals surface area contributed by atoms with E-state index >= 15 is 0 Å². The molecule has 10 heteroatoms. The minimum Gasteiger partial charge on any atom is -0.497 e. The number of carbonyl (C=O) groups excluding carboxylic acids is 2. The Morgan fingerprint density at radius 3 is 1.76 bits per heavy atom. The van der Waals surface area contributed by atoms with Gasteiger partial charge in [0.1, 0.15) is 11.5 Å². The first-order chi connectivity index (χ1) is 16.1. The monoisotopic (exact) mass is 477 g/mol. The van der Waals surface area contributed by atoms with Crippen LogP contribution in [0.25, 0.3) is 0 Å². The van der Waals surface area contributed by atoms with Crippen molar-refractivity contribution in [1.29, 1.82) is 0 Å². The molecule has 34 heavy (non-hydrogen) atoms. The van der Waals surface area contributed by atoms with E-state index in [9.17, 15) is 22.8 Å². The van der Waals surface area contributed by atoms with Crippen molar-refractivity contribution in [2.45, 2.75) is 18.8 Å². The number of carbonyl (C=O) groups is 2. The molecule has 0 saturated heterocycles. The van der Waals surface area contributed by atoms with Gasteiger partial charge in [0.2, 0.25) is 0 Å². The molecule has 7 nitrogen and oxygen atoms in total. The van der Waals surface area contributed by atoms with E-state index < -0.39 is 30.0 Å². The number of rotatable bonds is 7. The van der Waals surface area contributed by atoms with Crippen LogP contribution in [0.4, 0.5) is 13.2 Å². The molecular weight excluding hydrogens is 455 g/mol. The lowest BCUT2D eigenvalue weighted by molar-refractivity contribution is -0.274. The third-order valence-corrected chi connectivity index (χ3v) is 5.05. The number of hydrogen-bond acceptors (Lipinski definition) is 7. The second-order valence-electron chi connectivity index (χ2n) is 7.22. The number of alkyl halides is 3. The standard InChI is InChI=1S/C24H22F3NO6/c1-31-17-8-4-15(5-9-17)12-28-13-19(22(29)32-2)21(20(14-28)23(30)33-3)16-6-10-18(11-7-16)34-24(25,26)27/h4-11,13-14,21H,12H2,1-3H3. The van der Waals surface area contributed by atoms with Crippen LogP contribution in [-0.2, 0) is 25.6 Å². The van der Waals surface area contributed by atoms with E-state index in [4.69, 9.17) is 14.2 Å². The molecule has 0 N–H and O–H groups in total. The highest BCUT2D eigenvalue weighted by Gasteiger charge is 2.36. The summed E-state index contributed by atoms with van der Waals surface area (Å²) in [6, 6.07) is 12.1. The minimum absolute atomic E-state index is 0.114. The van der Waals surface area contributed by atoms with Crippen LogP contribution < -0.4 is 9.47 Å². The van der Waals surface area contributed by atoms with Gasteiger partial charge in [-0.15, -0.1) is 13.2 Å². The van der Waals surface area contributed by atoms with E-state index in [1.54, 1.807) is 24.1 Å². The molecule has 1 aliphatic heterocycles. The molecule has 0 aliphatic carbocycles. The fourth-order valence-corrected chi connectivity index (χ4v) is 3.54. The molecule has 1 aliphatic rings. The number of esters is 2. The zero-order chi connectivity index (χ0) is 24.9. The average molecular weight is 477 g/mol. The highest BCUT2D eigenvalue weighted by molar-refractivity contribution is 5.98. The third kappa shape index (κ3) is 5.89. The Labute approximate surface area is 194 Å². The van der Waals surface area contributed by atoms with Crippen LogP contribution in [0.5, 0.6) is 11.5 Å². The van der Waals surface area contributed by atoms with Crippen molar-refractivity contribution in [1.82, 2.24) is 4.90 Å². The zero-order valence-corrected chi connectivity index (χ0v) is 18.6. The van der Waals surface area contributed by atoms with Crippen LogP contribution in [0.15, 0.2) is 72.1 Å². The number of methoxy groups -OCH3 is 3. The molecular formula is C24H22F3NO6. The van der Waals surface area contributed by atoms with Gasteiger partial charge in [-0.2, -0.15) is 0 Å². The molecule has 2 aromatic rings. The lowest BCUT2D eigenvalue weighted by Crippen LogP contribution is -2.28. The molecule has 0 radical (unpaired) electrons. The summed E-state index contributed by atoms with van der Waals surface area (Å²) in [5.41, 5.74) is 1.48. The van der Waals surface area contributed by atoms with Gasteiger partial charge in [0.25, 0.3) is 0 Å². The molecule has 0 aromatic heterocycles.